The minimum absolute atomic E-state index is 0.374. The molecule has 0 saturated heterocycles. The van der Waals surface area contributed by atoms with Crippen LogP contribution in [0.2, 0.25) is 0 Å². The number of pyridine rings is 1. The van der Waals surface area contributed by atoms with E-state index in [1.165, 1.54) is 37.4 Å². The maximum atomic E-state index is 11.0. The fourth-order valence-corrected chi connectivity index (χ4v) is 2.77. The molecule has 0 radical (unpaired) electrons. The van der Waals surface area contributed by atoms with Gasteiger partial charge in [0.05, 0.1) is 5.56 Å². The van der Waals surface area contributed by atoms with E-state index in [1.807, 2.05) is 12.1 Å². The third kappa shape index (κ3) is 3.21. The molecule has 1 amide bonds. The van der Waals surface area contributed by atoms with Gasteiger partial charge in [-0.05, 0) is 42.5 Å². The molecule has 0 aliphatic heterocycles. The van der Waals surface area contributed by atoms with Crippen molar-refractivity contribution in [3.63, 3.8) is 0 Å². The Balaban J connectivity index is 1.68. The summed E-state index contributed by atoms with van der Waals surface area (Å²) < 4.78 is 5.67. The molecule has 0 spiro atoms. The zero-order valence-electron chi connectivity index (χ0n) is 11.8. The highest BCUT2D eigenvalue weighted by atomic mass is 16.5. The quantitative estimate of drug-likeness (QED) is 0.931. The summed E-state index contributed by atoms with van der Waals surface area (Å²) in [5, 5.41) is 0. The molecule has 0 bridgehead atoms. The van der Waals surface area contributed by atoms with Crippen LogP contribution in [0.4, 0.5) is 0 Å². The average Bonchev–Trinajstić information content (AvgIpc) is 3.03. The number of primary amides is 1. The number of hydrogen-bond acceptors (Lipinski definition) is 3. The van der Waals surface area contributed by atoms with Gasteiger partial charge in [0.25, 0.3) is 0 Å². The Morgan fingerprint density at radius 2 is 1.81 bits per heavy atom. The number of carbonyl (C=O) groups is 1. The summed E-state index contributed by atoms with van der Waals surface area (Å²) in [4.78, 5) is 15.0. The van der Waals surface area contributed by atoms with Gasteiger partial charge in [-0.1, -0.05) is 25.0 Å². The van der Waals surface area contributed by atoms with Crippen molar-refractivity contribution in [2.45, 2.75) is 31.6 Å². The van der Waals surface area contributed by atoms with Crippen molar-refractivity contribution >= 4 is 5.91 Å². The van der Waals surface area contributed by atoms with E-state index in [4.69, 9.17) is 10.5 Å². The highest BCUT2D eigenvalue weighted by molar-refractivity contribution is 5.92. The predicted molar refractivity (Wildman–Crippen MR) is 80.5 cm³/mol. The highest BCUT2D eigenvalue weighted by Gasteiger charge is 2.16. The van der Waals surface area contributed by atoms with Gasteiger partial charge in [-0.15, -0.1) is 0 Å². The number of hydrogen-bond donors (Lipinski definition) is 1. The molecule has 1 heterocycles. The van der Waals surface area contributed by atoms with Crippen molar-refractivity contribution in [3.8, 4) is 11.6 Å². The molecule has 1 aromatic heterocycles. The van der Waals surface area contributed by atoms with Crippen LogP contribution in [0.25, 0.3) is 0 Å². The van der Waals surface area contributed by atoms with Crippen LogP contribution in [0.5, 0.6) is 11.6 Å². The Morgan fingerprint density at radius 3 is 2.38 bits per heavy atom. The SMILES string of the molecule is NC(=O)c1ccc(Oc2ccc(C3CCCC3)cc2)nc1. The molecular formula is C17H18N2O2. The van der Waals surface area contributed by atoms with Crippen molar-refractivity contribution in [1.82, 2.24) is 4.98 Å². The average molecular weight is 282 g/mol. The van der Waals surface area contributed by atoms with Gasteiger partial charge in [0.2, 0.25) is 11.8 Å². The molecule has 1 aromatic carbocycles. The van der Waals surface area contributed by atoms with Crippen molar-refractivity contribution in [2.24, 2.45) is 5.73 Å². The van der Waals surface area contributed by atoms with Crippen LogP contribution in [0.3, 0.4) is 0 Å². The second-order valence-electron chi connectivity index (χ2n) is 5.40. The number of rotatable bonds is 4. The number of benzene rings is 1. The molecule has 1 aliphatic carbocycles. The van der Waals surface area contributed by atoms with Crippen LogP contribution in [0.15, 0.2) is 42.6 Å². The molecule has 108 valence electrons. The summed E-state index contributed by atoms with van der Waals surface area (Å²) in [6, 6.07) is 11.4. The lowest BCUT2D eigenvalue weighted by Crippen LogP contribution is -2.10. The molecular weight excluding hydrogens is 264 g/mol. The normalized spacial score (nSPS) is 15.0. The first kappa shape index (κ1) is 13.6. The van der Waals surface area contributed by atoms with Crippen molar-refractivity contribution in [3.05, 3.63) is 53.7 Å². The van der Waals surface area contributed by atoms with E-state index >= 15 is 0 Å². The Kier molecular flexibility index (Phi) is 3.86. The van der Waals surface area contributed by atoms with Gasteiger partial charge in [0.15, 0.2) is 0 Å². The third-order valence-corrected chi connectivity index (χ3v) is 3.95. The Bertz CT molecular complexity index is 614. The smallest absolute Gasteiger partial charge is 0.250 e. The predicted octanol–water partition coefficient (Wildman–Crippen LogP) is 3.63. The van der Waals surface area contributed by atoms with E-state index in [0.29, 0.717) is 17.4 Å². The summed E-state index contributed by atoms with van der Waals surface area (Å²) >= 11 is 0. The van der Waals surface area contributed by atoms with E-state index in [2.05, 4.69) is 17.1 Å². The van der Waals surface area contributed by atoms with E-state index in [-0.39, 0.29) is 0 Å². The van der Waals surface area contributed by atoms with Crippen LogP contribution in [0, 0.1) is 0 Å². The van der Waals surface area contributed by atoms with E-state index in [1.54, 1.807) is 12.1 Å². The Labute approximate surface area is 124 Å². The van der Waals surface area contributed by atoms with Crippen LogP contribution in [0.1, 0.15) is 47.5 Å². The number of nitrogens with zero attached hydrogens (tertiary/aromatic N) is 1. The zero-order valence-corrected chi connectivity index (χ0v) is 11.8. The first-order valence-corrected chi connectivity index (χ1v) is 7.26. The fraction of sp³-hybridized carbons (Fsp3) is 0.294. The topological polar surface area (TPSA) is 65.2 Å². The minimum atomic E-state index is -0.491. The summed E-state index contributed by atoms with van der Waals surface area (Å²) in [6.07, 6.45) is 6.66. The Hall–Kier alpha value is -2.36. The first-order chi connectivity index (χ1) is 10.2. The molecule has 1 saturated carbocycles. The lowest BCUT2D eigenvalue weighted by molar-refractivity contribution is 0.1000. The Morgan fingerprint density at radius 1 is 1.10 bits per heavy atom. The lowest BCUT2D eigenvalue weighted by atomic mass is 9.98. The number of carbonyl (C=O) groups excluding carboxylic acids is 1. The minimum Gasteiger partial charge on any atom is -0.439 e. The summed E-state index contributed by atoms with van der Waals surface area (Å²) in [7, 11) is 0. The summed E-state index contributed by atoms with van der Waals surface area (Å²) in [5.74, 6) is 1.41. The lowest BCUT2D eigenvalue weighted by Gasteiger charge is -2.10. The van der Waals surface area contributed by atoms with Gasteiger partial charge in [0.1, 0.15) is 5.75 Å². The summed E-state index contributed by atoms with van der Waals surface area (Å²) in [5.41, 5.74) is 6.93. The fourth-order valence-electron chi connectivity index (χ4n) is 2.77. The molecule has 0 atom stereocenters. The molecule has 21 heavy (non-hydrogen) atoms. The van der Waals surface area contributed by atoms with Crippen molar-refractivity contribution in [2.75, 3.05) is 0 Å². The van der Waals surface area contributed by atoms with Gasteiger partial charge >= 0.3 is 0 Å². The largest absolute Gasteiger partial charge is 0.439 e. The van der Waals surface area contributed by atoms with E-state index < -0.39 is 5.91 Å². The van der Waals surface area contributed by atoms with Gasteiger partial charge < -0.3 is 10.5 Å². The number of aromatic nitrogens is 1. The molecule has 4 nitrogen and oxygen atoms in total. The first-order valence-electron chi connectivity index (χ1n) is 7.26. The van der Waals surface area contributed by atoms with Crippen molar-refractivity contribution < 1.29 is 9.53 Å². The number of amides is 1. The molecule has 1 fully saturated rings. The van der Waals surface area contributed by atoms with Crippen LogP contribution in [-0.4, -0.2) is 10.9 Å². The third-order valence-electron chi connectivity index (χ3n) is 3.95. The van der Waals surface area contributed by atoms with Crippen LogP contribution >= 0.6 is 0 Å². The number of nitrogens with two attached hydrogens (primary N) is 1. The molecule has 3 rings (SSSR count). The molecule has 4 heteroatoms. The molecule has 2 aromatic rings. The van der Waals surface area contributed by atoms with Gasteiger partial charge in [0, 0.05) is 12.3 Å². The zero-order chi connectivity index (χ0) is 14.7. The number of ether oxygens (including phenoxy) is 1. The second kappa shape index (κ2) is 5.95. The molecule has 1 aliphatic rings. The second-order valence-corrected chi connectivity index (χ2v) is 5.40. The maximum absolute atomic E-state index is 11.0. The van der Waals surface area contributed by atoms with Crippen LogP contribution < -0.4 is 10.5 Å². The van der Waals surface area contributed by atoms with Gasteiger partial charge in [-0.3, -0.25) is 4.79 Å². The van der Waals surface area contributed by atoms with Gasteiger partial charge in [-0.25, -0.2) is 4.98 Å². The monoisotopic (exact) mass is 282 g/mol. The van der Waals surface area contributed by atoms with Gasteiger partial charge in [-0.2, -0.15) is 0 Å². The van der Waals surface area contributed by atoms with E-state index in [9.17, 15) is 4.79 Å². The molecule has 0 unspecified atom stereocenters. The highest BCUT2D eigenvalue weighted by Crippen LogP contribution is 2.34. The summed E-state index contributed by atoms with van der Waals surface area (Å²) in [6.45, 7) is 0. The maximum Gasteiger partial charge on any atom is 0.250 e. The van der Waals surface area contributed by atoms with E-state index in [0.717, 1.165) is 5.75 Å². The van der Waals surface area contributed by atoms with Crippen molar-refractivity contribution in [1.29, 1.82) is 0 Å². The van der Waals surface area contributed by atoms with Crippen LogP contribution in [-0.2, 0) is 0 Å². The molecule has 2 N–H and O–H groups in total. The standard InChI is InChI=1S/C17H18N2O2/c18-17(20)14-7-10-16(19-11-14)21-15-8-5-13(6-9-15)12-3-1-2-4-12/h5-12H,1-4H2,(H2,18,20).